The first-order valence-electron chi connectivity index (χ1n) is 7.37. The standard InChI is InChI=1S/C18H13BrFN3O2/c19-13-6-7-15(14(20)8-13)23-18(24)16-9-17(22-11-21-16)25-10-12-4-2-1-3-5-12/h1-9,11H,10H2,(H,23,24). The van der Waals surface area contributed by atoms with Crippen molar-refractivity contribution in [1.29, 1.82) is 0 Å². The fourth-order valence-electron chi connectivity index (χ4n) is 2.05. The van der Waals surface area contributed by atoms with E-state index in [1.54, 1.807) is 6.07 Å². The van der Waals surface area contributed by atoms with Gasteiger partial charge in [0, 0.05) is 10.5 Å². The second-order valence-corrected chi connectivity index (χ2v) is 6.01. The molecule has 1 aromatic heterocycles. The van der Waals surface area contributed by atoms with Crippen molar-refractivity contribution in [3.63, 3.8) is 0 Å². The Labute approximate surface area is 152 Å². The molecule has 0 aliphatic heterocycles. The first-order chi connectivity index (χ1) is 12.1. The molecule has 1 amide bonds. The number of anilines is 1. The van der Waals surface area contributed by atoms with Crippen LogP contribution in [0.25, 0.3) is 0 Å². The highest BCUT2D eigenvalue weighted by Crippen LogP contribution is 2.20. The maximum absolute atomic E-state index is 13.8. The number of nitrogens with zero attached hydrogens (tertiary/aromatic N) is 2. The Morgan fingerprint density at radius 2 is 1.92 bits per heavy atom. The highest BCUT2D eigenvalue weighted by atomic mass is 79.9. The summed E-state index contributed by atoms with van der Waals surface area (Å²) in [5, 5.41) is 2.47. The van der Waals surface area contributed by atoms with Crippen LogP contribution in [-0.4, -0.2) is 15.9 Å². The van der Waals surface area contributed by atoms with Crippen LogP contribution in [0.4, 0.5) is 10.1 Å². The van der Waals surface area contributed by atoms with Crippen LogP contribution in [0.3, 0.4) is 0 Å². The van der Waals surface area contributed by atoms with Crippen molar-refractivity contribution < 1.29 is 13.9 Å². The largest absolute Gasteiger partial charge is 0.473 e. The zero-order chi connectivity index (χ0) is 17.6. The molecule has 25 heavy (non-hydrogen) atoms. The Morgan fingerprint density at radius 1 is 1.12 bits per heavy atom. The number of carbonyl (C=O) groups is 1. The first kappa shape index (κ1) is 17.0. The molecule has 1 N–H and O–H groups in total. The predicted octanol–water partition coefficient (Wildman–Crippen LogP) is 4.21. The van der Waals surface area contributed by atoms with E-state index in [1.165, 1.54) is 24.5 Å². The van der Waals surface area contributed by atoms with E-state index in [2.05, 4.69) is 31.2 Å². The Morgan fingerprint density at radius 3 is 2.68 bits per heavy atom. The van der Waals surface area contributed by atoms with Crippen molar-refractivity contribution in [2.45, 2.75) is 6.61 Å². The normalized spacial score (nSPS) is 10.3. The van der Waals surface area contributed by atoms with E-state index in [1.807, 2.05) is 30.3 Å². The minimum absolute atomic E-state index is 0.0681. The quantitative estimate of drug-likeness (QED) is 0.695. The summed E-state index contributed by atoms with van der Waals surface area (Å²) < 4.78 is 20.0. The van der Waals surface area contributed by atoms with Gasteiger partial charge in [-0.25, -0.2) is 14.4 Å². The minimum atomic E-state index is -0.548. The molecule has 0 unspecified atom stereocenters. The number of hydrogen-bond donors (Lipinski definition) is 1. The van der Waals surface area contributed by atoms with E-state index in [4.69, 9.17) is 4.74 Å². The first-order valence-corrected chi connectivity index (χ1v) is 8.16. The van der Waals surface area contributed by atoms with Gasteiger partial charge in [-0.1, -0.05) is 46.3 Å². The molecular weight excluding hydrogens is 389 g/mol. The number of ether oxygens (including phenoxy) is 1. The molecule has 0 bridgehead atoms. The zero-order valence-corrected chi connectivity index (χ0v) is 14.5. The third kappa shape index (κ3) is 4.60. The number of nitrogens with one attached hydrogen (secondary N) is 1. The van der Waals surface area contributed by atoms with Crippen LogP contribution < -0.4 is 10.1 Å². The van der Waals surface area contributed by atoms with Gasteiger partial charge >= 0.3 is 0 Å². The molecule has 0 aliphatic rings. The number of hydrogen-bond acceptors (Lipinski definition) is 4. The van der Waals surface area contributed by atoms with Crippen LogP contribution in [0.2, 0.25) is 0 Å². The molecule has 0 spiro atoms. The molecule has 0 aliphatic carbocycles. The molecule has 0 atom stereocenters. The van der Waals surface area contributed by atoms with Crippen LogP contribution in [0.15, 0.2) is 65.4 Å². The fraction of sp³-hybridized carbons (Fsp3) is 0.0556. The SMILES string of the molecule is O=C(Nc1ccc(Br)cc1F)c1cc(OCc2ccccc2)ncn1. The summed E-state index contributed by atoms with van der Waals surface area (Å²) in [7, 11) is 0. The topological polar surface area (TPSA) is 64.1 Å². The number of rotatable bonds is 5. The predicted molar refractivity (Wildman–Crippen MR) is 94.9 cm³/mol. The molecule has 7 heteroatoms. The molecule has 126 valence electrons. The van der Waals surface area contributed by atoms with E-state index in [0.29, 0.717) is 11.1 Å². The van der Waals surface area contributed by atoms with Gasteiger partial charge in [-0.2, -0.15) is 0 Å². The van der Waals surface area contributed by atoms with Crippen molar-refractivity contribution in [2.24, 2.45) is 0 Å². The maximum Gasteiger partial charge on any atom is 0.274 e. The lowest BCUT2D eigenvalue weighted by Gasteiger charge is -2.08. The van der Waals surface area contributed by atoms with Crippen molar-refractivity contribution in [3.8, 4) is 5.88 Å². The van der Waals surface area contributed by atoms with E-state index in [9.17, 15) is 9.18 Å². The van der Waals surface area contributed by atoms with E-state index < -0.39 is 11.7 Å². The van der Waals surface area contributed by atoms with Crippen LogP contribution in [0, 0.1) is 5.82 Å². The molecule has 0 radical (unpaired) electrons. The second-order valence-electron chi connectivity index (χ2n) is 5.09. The second kappa shape index (κ2) is 7.85. The molecule has 3 aromatic rings. The molecule has 2 aromatic carbocycles. The summed E-state index contributed by atoms with van der Waals surface area (Å²) in [6.07, 6.45) is 1.23. The average molecular weight is 402 g/mol. The highest BCUT2D eigenvalue weighted by molar-refractivity contribution is 9.10. The van der Waals surface area contributed by atoms with Crippen LogP contribution >= 0.6 is 15.9 Å². The van der Waals surface area contributed by atoms with Gasteiger partial charge in [-0.05, 0) is 23.8 Å². The summed E-state index contributed by atoms with van der Waals surface area (Å²) >= 11 is 3.16. The van der Waals surface area contributed by atoms with Crippen molar-refractivity contribution >= 4 is 27.5 Å². The summed E-state index contributed by atoms with van der Waals surface area (Å²) in [6, 6.07) is 15.3. The van der Waals surface area contributed by atoms with Gasteiger partial charge < -0.3 is 10.1 Å². The highest BCUT2D eigenvalue weighted by Gasteiger charge is 2.12. The van der Waals surface area contributed by atoms with Gasteiger partial charge in [0.25, 0.3) is 5.91 Å². The van der Waals surface area contributed by atoms with E-state index >= 15 is 0 Å². The third-order valence-corrected chi connectivity index (χ3v) is 3.78. The summed E-state index contributed by atoms with van der Waals surface area (Å²) in [5.74, 6) is -0.828. The van der Waals surface area contributed by atoms with Gasteiger partial charge in [-0.15, -0.1) is 0 Å². The molecule has 0 fully saturated rings. The van der Waals surface area contributed by atoms with E-state index in [-0.39, 0.29) is 17.3 Å². The number of benzene rings is 2. The number of amides is 1. The van der Waals surface area contributed by atoms with Gasteiger partial charge in [0.2, 0.25) is 5.88 Å². The number of carbonyl (C=O) groups excluding carboxylic acids is 1. The monoisotopic (exact) mass is 401 g/mol. The van der Waals surface area contributed by atoms with Crippen molar-refractivity contribution in [2.75, 3.05) is 5.32 Å². The lowest BCUT2D eigenvalue weighted by Crippen LogP contribution is -2.15. The van der Waals surface area contributed by atoms with Crippen LogP contribution in [0.1, 0.15) is 16.1 Å². The van der Waals surface area contributed by atoms with Gasteiger partial charge in [-0.3, -0.25) is 4.79 Å². The van der Waals surface area contributed by atoms with Crippen LogP contribution in [-0.2, 0) is 6.61 Å². The Bertz CT molecular complexity index is 890. The average Bonchev–Trinajstić information content (AvgIpc) is 2.63. The van der Waals surface area contributed by atoms with Gasteiger partial charge in [0.05, 0.1) is 5.69 Å². The molecule has 0 saturated carbocycles. The fourth-order valence-corrected chi connectivity index (χ4v) is 2.38. The molecular formula is C18H13BrFN3O2. The summed E-state index contributed by atoms with van der Waals surface area (Å²) in [5.41, 5.74) is 1.13. The maximum atomic E-state index is 13.8. The van der Waals surface area contributed by atoms with E-state index in [0.717, 1.165) is 5.56 Å². The van der Waals surface area contributed by atoms with Crippen LogP contribution in [0.5, 0.6) is 5.88 Å². The summed E-state index contributed by atoms with van der Waals surface area (Å²) in [4.78, 5) is 20.1. The summed E-state index contributed by atoms with van der Waals surface area (Å²) in [6.45, 7) is 0.320. The Balaban J connectivity index is 1.69. The van der Waals surface area contributed by atoms with Crippen molar-refractivity contribution in [3.05, 3.63) is 82.5 Å². The molecule has 5 nitrogen and oxygen atoms in total. The smallest absolute Gasteiger partial charge is 0.274 e. The van der Waals surface area contributed by atoms with Crippen molar-refractivity contribution in [1.82, 2.24) is 9.97 Å². The minimum Gasteiger partial charge on any atom is -0.473 e. The third-order valence-electron chi connectivity index (χ3n) is 3.28. The Hall–Kier alpha value is -2.80. The molecule has 3 rings (SSSR count). The van der Waals surface area contributed by atoms with Gasteiger partial charge in [0.1, 0.15) is 24.4 Å². The molecule has 0 saturated heterocycles. The lowest BCUT2D eigenvalue weighted by atomic mass is 10.2. The number of aromatic nitrogens is 2. The Kier molecular flexibility index (Phi) is 5.35. The van der Waals surface area contributed by atoms with Gasteiger partial charge in [0.15, 0.2) is 0 Å². The molecule has 1 heterocycles. The number of halogens is 2. The lowest BCUT2D eigenvalue weighted by molar-refractivity contribution is 0.102. The zero-order valence-electron chi connectivity index (χ0n) is 12.9.